The van der Waals surface area contributed by atoms with Crippen LogP contribution < -0.4 is 9.62 Å². The van der Waals surface area contributed by atoms with E-state index >= 15 is 0 Å². The second kappa shape index (κ2) is 11.3. The number of nitrogens with one attached hydrogen (secondary N) is 1. The van der Waals surface area contributed by atoms with Gasteiger partial charge in [-0.3, -0.25) is 13.9 Å². The number of hydrogen-bond donors (Lipinski definition) is 1. The minimum Gasteiger partial charge on any atom is -0.374 e. The standard InChI is InChI=1S/C29H38N4O5S/c1-31-15-12-23(18-31)27(34)30-25(20-38-19-22-8-4-3-5-9-22)28(35)32-16-13-29(14-17-32)21-33(39(2,36)37)26-11-7-6-10-24(26)29/h3-11,23,25H,12-21H2,1-2H3,(H,30,34)/t23?,25-/m1/s1. The molecule has 210 valence electrons. The fourth-order valence-electron chi connectivity index (χ4n) is 6.17. The van der Waals surface area contributed by atoms with Crippen LogP contribution in [0, 0.1) is 5.92 Å². The van der Waals surface area contributed by atoms with E-state index in [4.69, 9.17) is 4.74 Å². The Labute approximate surface area is 231 Å². The third-order valence-electron chi connectivity index (χ3n) is 8.40. The summed E-state index contributed by atoms with van der Waals surface area (Å²) in [7, 11) is -1.41. The summed E-state index contributed by atoms with van der Waals surface area (Å²) in [5.74, 6) is -0.395. The zero-order valence-electron chi connectivity index (χ0n) is 22.7. The Kier molecular flexibility index (Phi) is 7.98. The Hall–Kier alpha value is -2.95. The number of fused-ring (bicyclic) bond motifs is 2. The lowest BCUT2D eigenvalue weighted by molar-refractivity contribution is -0.140. The van der Waals surface area contributed by atoms with Crippen LogP contribution in [0.5, 0.6) is 0 Å². The van der Waals surface area contributed by atoms with Crippen LogP contribution in [0.25, 0.3) is 0 Å². The summed E-state index contributed by atoms with van der Waals surface area (Å²) < 4.78 is 32.5. The van der Waals surface area contributed by atoms with Crippen LogP contribution in [0.3, 0.4) is 0 Å². The molecule has 5 rings (SSSR count). The number of piperidine rings is 1. The summed E-state index contributed by atoms with van der Waals surface area (Å²) in [6.45, 7) is 3.36. The van der Waals surface area contributed by atoms with Crippen molar-refractivity contribution >= 4 is 27.5 Å². The number of para-hydroxylation sites is 1. The van der Waals surface area contributed by atoms with Crippen LogP contribution in [-0.2, 0) is 36.4 Å². The molecule has 10 heteroatoms. The van der Waals surface area contributed by atoms with Crippen LogP contribution >= 0.6 is 0 Å². The molecule has 0 aromatic heterocycles. The largest absolute Gasteiger partial charge is 0.374 e. The van der Waals surface area contributed by atoms with E-state index in [1.807, 2.05) is 61.6 Å². The van der Waals surface area contributed by atoms with Crippen molar-refractivity contribution in [3.05, 3.63) is 65.7 Å². The summed E-state index contributed by atoms with van der Waals surface area (Å²) in [4.78, 5) is 30.7. The molecule has 2 fully saturated rings. The molecule has 2 amide bonds. The van der Waals surface area contributed by atoms with Crippen LogP contribution in [-0.4, -0.2) is 88.7 Å². The Morgan fingerprint density at radius 2 is 1.74 bits per heavy atom. The average molecular weight is 555 g/mol. The van der Waals surface area contributed by atoms with Crippen LogP contribution in [0.15, 0.2) is 54.6 Å². The van der Waals surface area contributed by atoms with Gasteiger partial charge in [0.05, 0.1) is 31.1 Å². The van der Waals surface area contributed by atoms with E-state index < -0.39 is 16.1 Å². The number of likely N-dealkylation sites (tertiary alicyclic amines) is 2. The lowest BCUT2D eigenvalue weighted by atomic mass is 9.74. The highest BCUT2D eigenvalue weighted by Gasteiger charge is 2.48. The summed E-state index contributed by atoms with van der Waals surface area (Å²) in [6.07, 6.45) is 3.32. The van der Waals surface area contributed by atoms with Crippen LogP contribution in [0.1, 0.15) is 30.4 Å². The van der Waals surface area contributed by atoms with Gasteiger partial charge in [0.2, 0.25) is 21.8 Å². The number of carbonyl (C=O) groups is 2. The van der Waals surface area contributed by atoms with Crippen molar-refractivity contribution in [1.29, 1.82) is 0 Å². The third kappa shape index (κ3) is 5.97. The zero-order chi connectivity index (χ0) is 27.6. The summed E-state index contributed by atoms with van der Waals surface area (Å²) in [6, 6.07) is 16.7. The second-order valence-electron chi connectivity index (χ2n) is 11.2. The lowest BCUT2D eigenvalue weighted by Crippen LogP contribution is -2.55. The molecule has 3 aliphatic rings. The molecule has 2 aromatic rings. The van der Waals surface area contributed by atoms with Crippen molar-refractivity contribution in [2.75, 3.05) is 56.9 Å². The first-order chi connectivity index (χ1) is 18.7. The van der Waals surface area contributed by atoms with Crippen molar-refractivity contribution in [2.45, 2.75) is 37.3 Å². The van der Waals surface area contributed by atoms with Gasteiger partial charge in [0.1, 0.15) is 6.04 Å². The fourth-order valence-corrected chi connectivity index (χ4v) is 7.16. The Bertz CT molecular complexity index is 1290. The third-order valence-corrected chi connectivity index (χ3v) is 9.52. The normalized spacial score (nSPS) is 21.6. The van der Waals surface area contributed by atoms with E-state index in [0.29, 0.717) is 45.6 Å². The summed E-state index contributed by atoms with van der Waals surface area (Å²) in [5.41, 5.74) is 2.44. The Morgan fingerprint density at radius 1 is 1.05 bits per heavy atom. The topological polar surface area (TPSA) is 99.3 Å². The first-order valence-electron chi connectivity index (χ1n) is 13.6. The van der Waals surface area contributed by atoms with E-state index in [1.54, 1.807) is 4.90 Å². The lowest BCUT2D eigenvalue weighted by Gasteiger charge is -2.41. The monoisotopic (exact) mass is 554 g/mol. The molecule has 2 saturated heterocycles. The van der Waals surface area contributed by atoms with Gasteiger partial charge < -0.3 is 19.9 Å². The number of sulfonamides is 1. The number of anilines is 1. The molecule has 0 bridgehead atoms. The van der Waals surface area contributed by atoms with E-state index in [1.165, 1.54) is 10.6 Å². The zero-order valence-corrected chi connectivity index (χ0v) is 23.5. The molecular weight excluding hydrogens is 516 g/mol. The highest BCUT2D eigenvalue weighted by Crippen LogP contribution is 2.47. The minimum absolute atomic E-state index is 0.0916. The van der Waals surface area contributed by atoms with Gasteiger partial charge in [-0.2, -0.15) is 0 Å². The molecular formula is C29H38N4O5S. The number of benzene rings is 2. The number of amides is 2. The molecule has 39 heavy (non-hydrogen) atoms. The molecule has 2 aromatic carbocycles. The van der Waals surface area contributed by atoms with E-state index in [2.05, 4.69) is 10.2 Å². The highest BCUT2D eigenvalue weighted by atomic mass is 32.2. The molecule has 3 heterocycles. The number of carbonyl (C=O) groups excluding carboxylic acids is 2. The maximum Gasteiger partial charge on any atom is 0.247 e. The quantitative estimate of drug-likeness (QED) is 0.536. The first kappa shape index (κ1) is 27.6. The molecule has 0 saturated carbocycles. The van der Waals surface area contributed by atoms with Gasteiger partial charge in [0.15, 0.2) is 0 Å². The van der Waals surface area contributed by atoms with Gasteiger partial charge in [-0.1, -0.05) is 48.5 Å². The van der Waals surface area contributed by atoms with Gasteiger partial charge >= 0.3 is 0 Å². The molecule has 0 aliphatic carbocycles. The Balaban J connectivity index is 1.27. The number of ether oxygens (including phenoxy) is 1. The SMILES string of the molecule is CN1CCC(C(=O)N[C@H](COCc2ccccc2)C(=O)N2CCC3(CC2)CN(S(C)(=O)=O)c2ccccc23)C1. The predicted molar refractivity (Wildman–Crippen MR) is 150 cm³/mol. The number of nitrogens with zero attached hydrogens (tertiary/aromatic N) is 3. The highest BCUT2D eigenvalue weighted by molar-refractivity contribution is 7.92. The average Bonchev–Trinajstić information content (AvgIpc) is 3.51. The first-order valence-corrected chi connectivity index (χ1v) is 15.5. The second-order valence-corrected chi connectivity index (χ2v) is 13.1. The van der Waals surface area contributed by atoms with Gasteiger partial charge in [0.25, 0.3) is 0 Å². The van der Waals surface area contributed by atoms with Crippen molar-refractivity contribution < 1.29 is 22.7 Å². The van der Waals surface area contributed by atoms with Gasteiger partial charge in [-0.05, 0) is 50.0 Å². The fraction of sp³-hybridized carbons (Fsp3) is 0.517. The van der Waals surface area contributed by atoms with E-state index in [-0.39, 0.29) is 29.8 Å². The van der Waals surface area contributed by atoms with Crippen molar-refractivity contribution in [3.63, 3.8) is 0 Å². The van der Waals surface area contributed by atoms with Crippen molar-refractivity contribution in [1.82, 2.24) is 15.1 Å². The maximum absolute atomic E-state index is 13.7. The number of rotatable bonds is 8. The Morgan fingerprint density at radius 3 is 2.41 bits per heavy atom. The maximum atomic E-state index is 13.7. The molecule has 1 unspecified atom stereocenters. The molecule has 3 aliphatic heterocycles. The van der Waals surface area contributed by atoms with E-state index in [9.17, 15) is 18.0 Å². The molecule has 9 nitrogen and oxygen atoms in total. The van der Waals surface area contributed by atoms with Crippen LogP contribution in [0.4, 0.5) is 5.69 Å². The molecule has 2 atom stereocenters. The minimum atomic E-state index is -3.41. The van der Waals surface area contributed by atoms with Gasteiger partial charge in [-0.25, -0.2) is 8.42 Å². The van der Waals surface area contributed by atoms with E-state index in [0.717, 1.165) is 29.8 Å². The van der Waals surface area contributed by atoms with Crippen molar-refractivity contribution in [2.24, 2.45) is 5.92 Å². The van der Waals surface area contributed by atoms with Crippen molar-refractivity contribution in [3.8, 4) is 0 Å². The number of hydrogen-bond acceptors (Lipinski definition) is 6. The van der Waals surface area contributed by atoms with Gasteiger partial charge in [-0.15, -0.1) is 0 Å². The summed E-state index contributed by atoms with van der Waals surface area (Å²) >= 11 is 0. The van der Waals surface area contributed by atoms with Crippen LogP contribution in [0.2, 0.25) is 0 Å². The van der Waals surface area contributed by atoms with Gasteiger partial charge in [0, 0.05) is 31.6 Å². The molecule has 1 spiro atoms. The predicted octanol–water partition coefficient (Wildman–Crippen LogP) is 1.98. The summed E-state index contributed by atoms with van der Waals surface area (Å²) in [5, 5.41) is 3.00. The molecule has 0 radical (unpaired) electrons. The molecule has 1 N–H and O–H groups in total. The smallest absolute Gasteiger partial charge is 0.247 e.